The van der Waals surface area contributed by atoms with Gasteiger partial charge in [-0.3, -0.25) is 9.59 Å². The monoisotopic (exact) mass is 373 g/mol. The van der Waals surface area contributed by atoms with E-state index in [0.29, 0.717) is 38.2 Å². The van der Waals surface area contributed by atoms with Crippen molar-refractivity contribution in [3.8, 4) is 11.1 Å². The molecule has 2 heterocycles. The van der Waals surface area contributed by atoms with Gasteiger partial charge >= 0.3 is 0 Å². The molecule has 1 aromatic heterocycles. The van der Waals surface area contributed by atoms with Gasteiger partial charge in [0, 0.05) is 44.1 Å². The van der Waals surface area contributed by atoms with Gasteiger partial charge in [0.2, 0.25) is 5.91 Å². The summed E-state index contributed by atoms with van der Waals surface area (Å²) in [4.78, 5) is 31.8. The predicted octanol–water partition coefficient (Wildman–Crippen LogP) is 3.21. The number of hydrogen-bond donors (Lipinski definition) is 1. The first-order valence-electron chi connectivity index (χ1n) is 9.55. The molecule has 4 rings (SSSR count). The molecule has 2 aromatic carbocycles. The van der Waals surface area contributed by atoms with E-state index < -0.39 is 0 Å². The Kier molecular flexibility index (Phi) is 5.24. The third kappa shape index (κ3) is 3.98. The van der Waals surface area contributed by atoms with Crippen LogP contribution in [0.1, 0.15) is 15.9 Å². The van der Waals surface area contributed by atoms with Crippen LogP contribution in [0, 0.1) is 0 Å². The summed E-state index contributed by atoms with van der Waals surface area (Å²) < 4.78 is 0. The summed E-state index contributed by atoms with van der Waals surface area (Å²) in [5.41, 5.74) is 3.90. The minimum atomic E-state index is 0.0253. The van der Waals surface area contributed by atoms with E-state index in [1.54, 1.807) is 0 Å². The Bertz CT molecular complexity index is 926. The third-order valence-electron chi connectivity index (χ3n) is 5.18. The van der Waals surface area contributed by atoms with E-state index in [1.165, 1.54) is 0 Å². The van der Waals surface area contributed by atoms with Gasteiger partial charge in [0.15, 0.2) is 0 Å². The molecular weight excluding hydrogens is 350 g/mol. The molecule has 0 atom stereocenters. The number of hydrogen-bond acceptors (Lipinski definition) is 2. The lowest BCUT2D eigenvalue weighted by Gasteiger charge is -2.35. The number of piperazine rings is 1. The van der Waals surface area contributed by atoms with Crippen molar-refractivity contribution in [2.45, 2.75) is 6.42 Å². The number of H-pyrrole nitrogens is 1. The van der Waals surface area contributed by atoms with E-state index in [0.717, 1.165) is 16.7 Å². The molecular formula is C23H23N3O2. The van der Waals surface area contributed by atoms with Crippen LogP contribution in [-0.4, -0.2) is 52.8 Å². The van der Waals surface area contributed by atoms with Gasteiger partial charge in [0.25, 0.3) is 5.91 Å². The van der Waals surface area contributed by atoms with Crippen molar-refractivity contribution in [3.05, 3.63) is 84.2 Å². The van der Waals surface area contributed by atoms with Gasteiger partial charge in [-0.2, -0.15) is 0 Å². The fourth-order valence-corrected chi connectivity index (χ4v) is 3.53. The first kappa shape index (κ1) is 18.0. The quantitative estimate of drug-likeness (QED) is 0.763. The maximum Gasteiger partial charge on any atom is 0.253 e. The lowest BCUT2D eigenvalue weighted by atomic mass is 10.0. The molecule has 1 aliphatic rings. The molecule has 2 amide bonds. The molecule has 1 N–H and O–H groups in total. The van der Waals surface area contributed by atoms with E-state index in [2.05, 4.69) is 17.1 Å². The summed E-state index contributed by atoms with van der Waals surface area (Å²) in [5.74, 6) is 0.135. The van der Waals surface area contributed by atoms with E-state index in [-0.39, 0.29) is 11.8 Å². The van der Waals surface area contributed by atoms with Gasteiger partial charge in [-0.1, -0.05) is 42.5 Å². The van der Waals surface area contributed by atoms with Crippen LogP contribution in [0.2, 0.25) is 0 Å². The number of aromatic amines is 1. The smallest absolute Gasteiger partial charge is 0.253 e. The number of nitrogens with one attached hydrogen (secondary N) is 1. The zero-order chi connectivity index (χ0) is 19.3. The second-order valence-electron chi connectivity index (χ2n) is 7.01. The molecule has 5 heteroatoms. The van der Waals surface area contributed by atoms with Crippen LogP contribution in [-0.2, 0) is 11.2 Å². The summed E-state index contributed by atoms with van der Waals surface area (Å²) in [7, 11) is 0. The molecule has 0 radical (unpaired) electrons. The van der Waals surface area contributed by atoms with E-state index in [9.17, 15) is 9.59 Å². The number of amides is 2. The Labute approximate surface area is 164 Å². The Morgan fingerprint density at radius 2 is 1.43 bits per heavy atom. The number of nitrogens with zero attached hydrogens (tertiary/aromatic N) is 2. The maximum absolute atomic E-state index is 12.8. The first-order chi connectivity index (χ1) is 13.7. The molecule has 0 aliphatic carbocycles. The van der Waals surface area contributed by atoms with Crippen LogP contribution >= 0.6 is 0 Å². The molecule has 28 heavy (non-hydrogen) atoms. The topological polar surface area (TPSA) is 56.4 Å². The molecule has 1 fully saturated rings. The SMILES string of the molecule is O=C(Cc1cc[nH]c1)N1CCN(C(=O)c2ccc(-c3ccccc3)cc2)CC1. The van der Waals surface area contributed by atoms with Crippen LogP contribution in [0.3, 0.4) is 0 Å². The summed E-state index contributed by atoms with van der Waals surface area (Å²) in [6.07, 6.45) is 4.07. The molecule has 1 aliphatic heterocycles. The number of benzene rings is 2. The molecule has 1 saturated heterocycles. The number of rotatable bonds is 4. The summed E-state index contributed by atoms with van der Waals surface area (Å²) >= 11 is 0. The highest BCUT2D eigenvalue weighted by Gasteiger charge is 2.24. The Balaban J connectivity index is 1.34. The Morgan fingerprint density at radius 3 is 2.07 bits per heavy atom. The lowest BCUT2D eigenvalue weighted by molar-refractivity contribution is -0.131. The second kappa shape index (κ2) is 8.13. The normalized spacial score (nSPS) is 14.1. The van der Waals surface area contributed by atoms with Crippen LogP contribution in [0.25, 0.3) is 11.1 Å². The van der Waals surface area contributed by atoms with Crippen LogP contribution in [0.15, 0.2) is 73.1 Å². The van der Waals surface area contributed by atoms with Crippen molar-refractivity contribution < 1.29 is 9.59 Å². The summed E-state index contributed by atoms with van der Waals surface area (Å²) in [6, 6.07) is 19.8. The average molecular weight is 373 g/mol. The third-order valence-corrected chi connectivity index (χ3v) is 5.18. The zero-order valence-corrected chi connectivity index (χ0v) is 15.7. The van der Waals surface area contributed by atoms with Gasteiger partial charge in [0.1, 0.15) is 0 Å². The number of carbonyl (C=O) groups excluding carboxylic acids is 2. The van der Waals surface area contributed by atoms with Crippen molar-refractivity contribution in [3.63, 3.8) is 0 Å². The zero-order valence-electron chi connectivity index (χ0n) is 15.7. The minimum absolute atomic E-state index is 0.0253. The maximum atomic E-state index is 12.8. The number of carbonyl (C=O) groups is 2. The summed E-state index contributed by atoms with van der Waals surface area (Å²) in [5, 5.41) is 0. The van der Waals surface area contributed by atoms with Gasteiger partial charge < -0.3 is 14.8 Å². The fraction of sp³-hybridized carbons (Fsp3) is 0.217. The van der Waals surface area contributed by atoms with Crippen LogP contribution < -0.4 is 0 Å². The van der Waals surface area contributed by atoms with E-state index >= 15 is 0 Å². The highest BCUT2D eigenvalue weighted by molar-refractivity contribution is 5.95. The average Bonchev–Trinajstić information content (AvgIpc) is 3.27. The minimum Gasteiger partial charge on any atom is -0.367 e. The molecule has 5 nitrogen and oxygen atoms in total. The predicted molar refractivity (Wildman–Crippen MR) is 109 cm³/mol. The van der Waals surface area contributed by atoms with Crippen molar-refractivity contribution >= 4 is 11.8 Å². The van der Waals surface area contributed by atoms with Crippen molar-refractivity contribution in [2.24, 2.45) is 0 Å². The van der Waals surface area contributed by atoms with Crippen LogP contribution in [0.4, 0.5) is 0 Å². The number of aromatic nitrogens is 1. The molecule has 0 spiro atoms. The van der Waals surface area contributed by atoms with E-state index in [4.69, 9.17) is 0 Å². The first-order valence-corrected chi connectivity index (χ1v) is 9.55. The molecule has 0 unspecified atom stereocenters. The molecule has 3 aromatic rings. The van der Waals surface area contributed by atoms with Gasteiger partial charge in [-0.05, 0) is 34.9 Å². The van der Waals surface area contributed by atoms with Gasteiger partial charge in [-0.25, -0.2) is 0 Å². The van der Waals surface area contributed by atoms with Crippen molar-refractivity contribution in [2.75, 3.05) is 26.2 Å². The van der Waals surface area contributed by atoms with Crippen molar-refractivity contribution in [1.29, 1.82) is 0 Å². The van der Waals surface area contributed by atoms with Gasteiger partial charge in [0.05, 0.1) is 6.42 Å². The van der Waals surface area contributed by atoms with Crippen LogP contribution in [0.5, 0.6) is 0 Å². The second-order valence-corrected chi connectivity index (χ2v) is 7.01. The Morgan fingerprint density at radius 1 is 0.786 bits per heavy atom. The standard InChI is InChI=1S/C23H23N3O2/c27-22(16-18-10-11-24-17-18)25-12-14-26(15-13-25)23(28)21-8-6-20(7-9-21)19-4-2-1-3-5-19/h1-11,17,24H,12-16H2. The molecule has 142 valence electrons. The Hall–Kier alpha value is -3.34. The molecule has 0 saturated carbocycles. The van der Waals surface area contributed by atoms with E-state index in [1.807, 2.05) is 70.7 Å². The highest BCUT2D eigenvalue weighted by atomic mass is 16.2. The highest BCUT2D eigenvalue weighted by Crippen LogP contribution is 2.20. The molecule has 0 bridgehead atoms. The largest absolute Gasteiger partial charge is 0.367 e. The fourth-order valence-electron chi connectivity index (χ4n) is 3.53. The van der Waals surface area contributed by atoms with Crippen molar-refractivity contribution in [1.82, 2.24) is 14.8 Å². The summed E-state index contributed by atoms with van der Waals surface area (Å²) in [6.45, 7) is 2.30. The lowest BCUT2D eigenvalue weighted by Crippen LogP contribution is -2.51. The van der Waals surface area contributed by atoms with Gasteiger partial charge in [-0.15, -0.1) is 0 Å².